The summed E-state index contributed by atoms with van der Waals surface area (Å²) in [5.41, 5.74) is 2.87. The highest BCUT2D eigenvalue weighted by atomic mass is 127. The quantitative estimate of drug-likeness (QED) is 0.394. The van der Waals surface area contributed by atoms with Gasteiger partial charge in [0.15, 0.2) is 5.96 Å². The van der Waals surface area contributed by atoms with Crippen molar-refractivity contribution in [2.45, 2.75) is 39.8 Å². The minimum absolute atomic E-state index is 0. The summed E-state index contributed by atoms with van der Waals surface area (Å²) in [7, 11) is 3.92. The van der Waals surface area contributed by atoms with Crippen LogP contribution in [0.25, 0.3) is 0 Å². The van der Waals surface area contributed by atoms with Gasteiger partial charge in [0.1, 0.15) is 5.82 Å². The number of nitrogens with zero attached hydrogens (tertiary/aromatic N) is 4. The molecule has 0 amide bonds. The van der Waals surface area contributed by atoms with Gasteiger partial charge in [-0.1, -0.05) is 32.0 Å². The molecule has 2 aromatic rings. The molecule has 2 rings (SSSR count). The summed E-state index contributed by atoms with van der Waals surface area (Å²) in [5.74, 6) is 0.894. The van der Waals surface area contributed by atoms with Gasteiger partial charge >= 0.3 is 0 Å². The Balaban J connectivity index is 0.00000338. The number of halogens is 2. The van der Waals surface area contributed by atoms with E-state index >= 15 is 0 Å². The monoisotopic (exact) mass is 473 g/mol. The van der Waals surface area contributed by atoms with Crippen LogP contribution in [0.4, 0.5) is 4.39 Å². The van der Waals surface area contributed by atoms with E-state index in [0.717, 1.165) is 18.2 Å². The number of nitrogens with one attached hydrogen (secondary N) is 1. The van der Waals surface area contributed by atoms with Crippen molar-refractivity contribution in [2.75, 3.05) is 13.6 Å². The molecule has 1 aromatic carbocycles. The number of hydrogen-bond acceptors (Lipinski definition) is 2. The number of guanidine groups is 1. The number of hydrogen-bond donors (Lipinski definition) is 1. The molecule has 0 aliphatic rings. The van der Waals surface area contributed by atoms with Crippen molar-refractivity contribution in [2.24, 2.45) is 12.0 Å². The molecule has 1 N–H and O–H groups in total. The van der Waals surface area contributed by atoms with Crippen LogP contribution in [0.2, 0.25) is 0 Å². The van der Waals surface area contributed by atoms with Crippen LogP contribution in [0.1, 0.15) is 43.5 Å². The summed E-state index contributed by atoms with van der Waals surface area (Å²) in [6, 6.07) is 6.75. The lowest BCUT2D eigenvalue weighted by molar-refractivity contribution is 0.473. The Morgan fingerprint density at radius 3 is 2.62 bits per heavy atom. The fourth-order valence-electron chi connectivity index (χ4n) is 2.75. The second-order valence-electron chi connectivity index (χ2n) is 6.49. The zero-order valence-corrected chi connectivity index (χ0v) is 18.5. The lowest BCUT2D eigenvalue weighted by Gasteiger charge is -2.22. The van der Waals surface area contributed by atoms with Crippen LogP contribution in [-0.2, 0) is 20.1 Å². The first-order valence-corrected chi connectivity index (χ1v) is 8.67. The molecule has 7 heteroatoms. The highest BCUT2D eigenvalue weighted by Gasteiger charge is 2.15. The fourth-order valence-corrected chi connectivity index (χ4v) is 2.75. The first-order chi connectivity index (χ1) is 11.9. The van der Waals surface area contributed by atoms with Gasteiger partial charge in [-0.15, -0.1) is 24.0 Å². The van der Waals surface area contributed by atoms with Crippen LogP contribution in [-0.4, -0.2) is 34.2 Å². The summed E-state index contributed by atoms with van der Waals surface area (Å²) in [5, 5.41) is 7.83. The predicted octanol–water partition coefficient (Wildman–Crippen LogP) is 3.90. The first kappa shape index (κ1) is 22.4. The molecule has 0 bridgehead atoms. The number of aromatic nitrogens is 2. The maximum atomic E-state index is 13.8. The molecule has 26 heavy (non-hydrogen) atoms. The maximum Gasteiger partial charge on any atom is 0.194 e. The predicted molar refractivity (Wildman–Crippen MR) is 115 cm³/mol. The average molecular weight is 473 g/mol. The zero-order chi connectivity index (χ0) is 18.4. The Kier molecular flexibility index (Phi) is 9.04. The number of rotatable bonds is 6. The van der Waals surface area contributed by atoms with Crippen LogP contribution < -0.4 is 5.32 Å². The summed E-state index contributed by atoms with van der Waals surface area (Å²) in [4.78, 5) is 6.64. The lowest BCUT2D eigenvalue weighted by atomic mass is 10.1. The van der Waals surface area contributed by atoms with Crippen molar-refractivity contribution in [3.8, 4) is 0 Å². The zero-order valence-electron chi connectivity index (χ0n) is 16.2. The normalized spacial score (nSPS) is 11.4. The van der Waals surface area contributed by atoms with E-state index in [-0.39, 0.29) is 29.8 Å². The first-order valence-electron chi connectivity index (χ1n) is 8.67. The highest BCUT2D eigenvalue weighted by Crippen LogP contribution is 2.18. The minimum Gasteiger partial charge on any atom is -0.357 e. The largest absolute Gasteiger partial charge is 0.357 e. The number of aryl methyl sites for hydroxylation is 1. The van der Waals surface area contributed by atoms with Gasteiger partial charge < -0.3 is 10.2 Å². The van der Waals surface area contributed by atoms with Crippen molar-refractivity contribution in [3.05, 3.63) is 53.1 Å². The molecule has 0 unspecified atom stereocenters. The molecule has 1 aromatic heterocycles. The molecular formula is C19H29FIN5. The summed E-state index contributed by atoms with van der Waals surface area (Å²) < 4.78 is 15.7. The number of benzene rings is 1. The molecule has 1 heterocycles. The Morgan fingerprint density at radius 2 is 2.00 bits per heavy atom. The average Bonchev–Trinajstić information content (AvgIpc) is 2.93. The maximum absolute atomic E-state index is 13.8. The van der Waals surface area contributed by atoms with Crippen molar-refractivity contribution in [3.63, 3.8) is 0 Å². The van der Waals surface area contributed by atoms with Gasteiger partial charge in [0.25, 0.3) is 0 Å². The Labute approximate surface area is 172 Å². The van der Waals surface area contributed by atoms with Gasteiger partial charge in [0.2, 0.25) is 0 Å². The molecule has 0 radical (unpaired) electrons. The second kappa shape index (κ2) is 10.5. The van der Waals surface area contributed by atoms with Crippen LogP contribution in [0.5, 0.6) is 0 Å². The summed E-state index contributed by atoms with van der Waals surface area (Å²) in [6.07, 6.45) is 2.05. The Bertz CT molecular complexity index is 726. The van der Waals surface area contributed by atoms with Gasteiger partial charge in [-0.25, -0.2) is 9.38 Å². The SMILES string of the molecule is CCNC(=NCc1ccccc1F)N(C)Cc1cn(C)nc1C(C)C.I. The molecule has 0 atom stereocenters. The van der Waals surface area contributed by atoms with Gasteiger partial charge in [0, 0.05) is 44.5 Å². The molecular weight excluding hydrogens is 444 g/mol. The Hall–Kier alpha value is -1.64. The van der Waals surface area contributed by atoms with E-state index in [1.807, 2.05) is 42.9 Å². The molecule has 0 aliphatic carbocycles. The molecule has 0 spiro atoms. The van der Waals surface area contributed by atoms with Crippen LogP contribution in [0, 0.1) is 5.82 Å². The molecule has 0 aliphatic heterocycles. The van der Waals surface area contributed by atoms with Gasteiger partial charge in [-0.3, -0.25) is 4.68 Å². The van der Waals surface area contributed by atoms with Gasteiger partial charge in [-0.05, 0) is 18.9 Å². The minimum atomic E-state index is -0.223. The molecule has 144 valence electrons. The van der Waals surface area contributed by atoms with Crippen LogP contribution in [0.3, 0.4) is 0 Å². The van der Waals surface area contributed by atoms with Crippen molar-refractivity contribution >= 4 is 29.9 Å². The standard InChI is InChI=1S/C19H28FN5.HI/c1-6-21-19(22-11-15-9-7-8-10-17(15)20)24(4)12-16-13-25(5)23-18(16)14(2)3;/h7-10,13-14H,6,11-12H2,1-5H3,(H,21,22);1H. The smallest absolute Gasteiger partial charge is 0.194 e. The van der Waals surface area contributed by atoms with E-state index in [4.69, 9.17) is 0 Å². The van der Waals surface area contributed by atoms with E-state index in [0.29, 0.717) is 24.6 Å². The second-order valence-corrected chi connectivity index (χ2v) is 6.49. The van der Waals surface area contributed by atoms with Crippen LogP contribution >= 0.6 is 24.0 Å². The van der Waals surface area contributed by atoms with Crippen molar-refractivity contribution in [1.82, 2.24) is 20.0 Å². The molecule has 0 saturated carbocycles. The molecule has 0 saturated heterocycles. The third-order valence-electron chi connectivity index (χ3n) is 3.95. The van der Waals surface area contributed by atoms with Gasteiger partial charge in [-0.2, -0.15) is 5.10 Å². The molecule has 0 fully saturated rings. The summed E-state index contributed by atoms with van der Waals surface area (Å²) >= 11 is 0. The topological polar surface area (TPSA) is 45.5 Å². The van der Waals surface area contributed by atoms with Crippen LogP contribution in [0.15, 0.2) is 35.5 Å². The van der Waals surface area contributed by atoms with E-state index in [1.54, 1.807) is 12.1 Å². The highest BCUT2D eigenvalue weighted by molar-refractivity contribution is 14.0. The third-order valence-corrected chi connectivity index (χ3v) is 3.95. The van der Waals surface area contributed by atoms with Crippen molar-refractivity contribution < 1.29 is 4.39 Å². The molecule has 5 nitrogen and oxygen atoms in total. The number of aliphatic imine (C=N–C) groups is 1. The summed E-state index contributed by atoms with van der Waals surface area (Å²) in [6.45, 7) is 8.07. The lowest BCUT2D eigenvalue weighted by Crippen LogP contribution is -2.38. The van der Waals surface area contributed by atoms with E-state index in [1.165, 1.54) is 11.6 Å². The Morgan fingerprint density at radius 1 is 1.31 bits per heavy atom. The van der Waals surface area contributed by atoms with E-state index in [9.17, 15) is 4.39 Å². The van der Waals surface area contributed by atoms with Crippen molar-refractivity contribution in [1.29, 1.82) is 0 Å². The van der Waals surface area contributed by atoms with E-state index < -0.39 is 0 Å². The van der Waals surface area contributed by atoms with E-state index in [2.05, 4.69) is 29.3 Å². The van der Waals surface area contributed by atoms with Gasteiger partial charge in [0.05, 0.1) is 12.2 Å². The third kappa shape index (κ3) is 5.96. The fraction of sp³-hybridized carbons (Fsp3) is 0.474.